The number of carboxylic acid groups (broad SMARTS) is 2. The number of carbonyl (C=O) groups is 3. The molecule has 2 rings (SSSR count). The maximum Gasteiger partial charge on any atom is 1.00 e. The number of hydrogen-bond donors (Lipinski definition) is 1. The molecule has 0 radical (unpaired) electrons. The topological polar surface area (TPSA) is 109 Å². The maximum absolute atomic E-state index is 12.4. The Morgan fingerprint density at radius 1 is 1.23 bits per heavy atom. The van der Waals surface area contributed by atoms with Crippen LogP contribution >= 0.6 is 0 Å². The van der Waals surface area contributed by atoms with E-state index in [1.165, 1.54) is 0 Å². The molecule has 1 aliphatic carbocycles. The fraction of sp³-hybridized carbons (Fsp3) is 0.500. The molecule has 0 heterocycles. The van der Waals surface area contributed by atoms with Crippen molar-refractivity contribution in [3.8, 4) is 0 Å². The molecule has 1 fully saturated rings. The van der Waals surface area contributed by atoms with Crippen molar-refractivity contribution >= 4 is 17.8 Å². The molecule has 0 unspecified atom stereocenters. The van der Waals surface area contributed by atoms with E-state index >= 15 is 0 Å². The van der Waals surface area contributed by atoms with Crippen LogP contribution in [0.3, 0.4) is 0 Å². The average Bonchev–Trinajstić information content (AvgIpc) is 2.94. The Morgan fingerprint density at radius 2 is 1.81 bits per heavy atom. The van der Waals surface area contributed by atoms with Gasteiger partial charge in [0.2, 0.25) is 5.91 Å². The molecular formula is C18H21NNa2O5. The third-order valence-electron chi connectivity index (χ3n) is 4.49. The van der Waals surface area contributed by atoms with Crippen LogP contribution in [0.1, 0.15) is 39.1 Å². The van der Waals surface area contributed by atoms with Crippen molar-refractivity contribution in [2.24, 2.45) is 17.3 Å². The van der Waals surface area contributed by atoms with Crippen LogP contribution in [-0.4, -0.2) is 23.9 Å². The van der Waals surface area contributed by atoms with Crippen molar-refractivity contribution < 1.29 is 90.6 Å². The fourth-order valence-corrected chi connectivity index (χ4v) is 3.31. The molecule has 1 amide bonds. The predicted molar refractivity (Wildman–Crippen MR) is 82.1 cm³/mol. The third kappa shape index (κ3) is 6.66. The number of carboxylic acids is 2. The molecule has 0 aromatic heterocycles. The Labute approximate surface area is 204 Å². The van der Waals surface area contributed by atoms with Gasteiger partial charge >= 0.3 is 59.1 Å². The van der Waals surface area contributed by atoms with Gasteiger partial charge in [0.1, 0.15) is 0 Å². The minimum atomic E-state index is -1.58. The van der Waals surface area contributed by atoms with Gasteiger partial charge in [-0.15, -0.1) is 0 Å². The maximum atomic E-state index is 12.4. The first kappa shape index (κ1) is 17.7. The zero-order valence-electron chi connectivity index (χ0n) is 20.4. The largest absolute Gasteiger partial charge is 1.00 e. The van der Waals surface area contributed by atoms with Gasteiger partial charge in [-0.3, -0.25) is 4.79 Å². The monoisotopic (exact) mass is 382 g/mol. The molecule has 8 heteroatoms. The summed E-state index contributed by atoms with van der Waals surface area (Å²) in [5.41, 5.74) is -0.987. The summed E-state index contributed by atoms with van der Waals surface area (Å²) >= 11 is 0. The van der Waals surface area contributed by atoms with Crippen molar-refractivity contribution in [3.05, 3.63) is 35.8 Å². The summed E-state index contributed by atoms with van der Waals surface area (Å²) in [6.07, 6.45) is -0.429. The summed E-state index contributed by atoms with van der Waals surface area (Å²) in [5.74, 6) is -5.33. The van der Waals surface area contributed by atoms with Crippen LogP contribution in [0.5, 0.6) is 0 Å². The van der Waals surface area contributed by atoms with E-state index in [1.807, 2.05) is 0 Å². The van der Waals surface area contributed by atoms with E-state index in [9.17, 15) is 24.6 Å². The Balaban J connectivity index is 0.00000450. The summed E-state index contributed by atoms with van der Waals surface area (Å²) < 4.78 is 38.5. The minimum Gasteiger partial charge on any atom is -0.550 e. The molecular weight excluding hydrogens is 356 g/mol. The molecule has 1 N–H and O–H groups in total. The predicted octanol–water partition coefficient (Wildman–Crippen LogP) is -6.73. The molecule has 0 saturated heterocycles. The van der Waals surface area contributed by atoms with Crippen molar-refractivity contribution in [2.45, 2.75) is 39.2 Å². The van der Waals surface area contributed by atoms with Crippen LogP contribution < -0.4 is 74.6 Å². The number of hydrogen-bond acceptors (Lipinski definition) is 5. The van der Waals surface area contributed by atoms with Gasteiger partial charge in [0.15, 0.2) is 0 Å². The molecule has 1 aliphatic rings. The van der Waals surface area contributed by atoms with Crippen LogP contribution in [0.4, 0.5) is 0 Å². The minimum absolute atomic E-state index is 0. The molecule has 3 atom stereocenters. The van der Waals surface area contributed by atoms with E-state index in [-0.39, 0.29) is 77.5 Å². The molecule has 6 nitrogen and oxygen atoms in total. The van der Waals surface area contributed by atoms with Crippen LogP contribution in [-0.2, 0) is 20.8 Å². The molecule has 0 aliphatic heterocycles. The first-order valence-electron chi connectivity index (χ1n) is 10.0. The summed E-state index contributed by atoms with van der Waals surface area (Å²) in [5, 5.41) is 25.2. The van der Waals surface area contributed by atoms with Crippen LogP contribution in [0.25, 0.3) is 0 Å². The molecule has 0 bridgehead atoms. The fourth-order valence-electron chi connectivity index (χ4n) is 3.31. The van der Waals surface area contributed by atoms with Gasteiger partial charge in [-0.1, -0.05) is 44.1 Å². The Bertz CT molecular complexity index is 854. The third-order valence-corrected chi connectivity index (χ3v) is 4.49. The van der Waals surface area contributed by atoms with Gasteiger partial charge in [-0.05, 0) is 29.7 Å². The Kier molecular flexibility index (Phi) is 7.38. The number of amides is 1. The number of benzene rings is 1. The van der Waals surface area contributed by atoms with Gasteiger partial charge in [0.05, 0.1) is 25.3 Å². The number of rotatable bonds is 6. The normalized spacial score (nSPS) is 24.3. The van der Waals surface area contributed by atoms with Crippen molar-refractivity contribution in [3.63, 3.8) is 0 Å². The molecule has 0 spiro atoms. The second-order valence-electron chi connectivity index (χ2n) is 6.70. The molecule has 26 heavy (non-hydrogen) atoms. The van der Waals surface area contributed by atoms with Crippen LogP contribution in [0.2, 0.25) is 0 Å². The zero-order valence-corrected chi connectivity index (χ0v) is 19.4. The van der Waals surface area contributed by atoms with Gasteiger partial charge in [0, 0.05) is 11.9 Å². The van der Waals surface area contributed by atoms with Gasteiger partial charge < -0.3 is 25.1 Å². The van der Waals surface area contributed by atoms with Crippen molar-refractivity contribution in [1.29, 1.82) is 0 Å². The molecule has 1 aromatic rings. The zero-order chi connectivity index (χ0) is 22.3. The summed E-state index contributed by atoms with van der Waals surface area (Å²) in [6.45, 7) is 3.35. The summed E-state index contributed by atoms with van der Waals surface area (Å²) in [7, 11) is 0. The summed E-state index contributed by atoms with van der Waals surface area (Å²) in [4.78, 5) is 35.3. The average molecular weight is 382 g/mol. The van der Waals surface area contributed by atoms with Crippen LogP contribution in [0.15, 0.2) is 30.2 Å². The second kappa shape index (κ2) is 10.8. The van der Waals surface area contributed by atoms with E-state index in [2.05, 4.69) is 5.32 Å². The number of aliphatic carboxylic acids is 2. The molecule has 1 aromatic carbocycles. The number of nitrogens with one attached hydrogen (secondary N) is 1. The SMILES string of the molecule is [2H]c1c([2H])c([2H])c(CC(=O)N[C@H](C(=O)[O-])[C@@H]2C[C@@H](C(=O)[O-])C(C)(C)C2)c([2H])c1[2H].[Na+].[Na+]. The Hall–Kier alpha value is -0.370. The quantitative estimate of drug-likeness (QED) is 0.492. The van der Waals surface area contributed by atoms with E-state index in [1.54, 1.807) is 13.8 Å². The van der Waals surface area contributed by atoms with E-state index < -0.39 is 77.8 Å². The van der Waals surface area contributed by atoms with Crippen molar-refractivity contribution in [2.75, 3.05) is 0 Å². The van der Waals surface area contributed by atoms with Gasteiger partial charge in [-0.2, -0.15) is 0 Å². The first-order valence-corrected chi connectivity index (χ1v) is 7.54. The molecule has 130 valence electrons. The van der Waals surface area contributed by atoms with E-state index in [4.69, 9.17) is 6.85 Å². The van der Waals surface area contributed by atoms with E-state index in [0.717, 1.165) is 0 Å². The Morgan fingerprint density at radius 3 is 2.27 bits per heavy atom. The first-order chi connectivity index (χ1) is 13.3. The smallest absolute Gasteiger partial charge is 0.550 e. The number of carbonyl (C=O) groups excluding carboxylic acids is 3. The standard InChI is InChI=1S/C18H23NO5.2Na/c1-18(2)10-12(9-13(18)16(21)22)15(17(23)24)19-14(20)8-11-6-4-3-5-7-11;;/h3-7,12-13,15H,8-10H2,1-2H3,(H,19,20)(H,21,22)(H,23,24);;/q;2*+1/p-2/t12-,13+,15+;;/m1../s1/i3D,4D,5D,6D,7D;;. The molecule has 1 saturated carbocycles. The van der Waals surface area contributed by atoms with Crippen LogP contribution in [0, 0.1) is 17.3 Å². The van der Waals surface area contributed by atoms with Crippen molar-refractivity contribution in [1.82, 2.24) is 5.32 Å². The van der Waals surface area contributed by atoms with Gasteiger partial charge in [0.25, 0.3) is 0 Å². The van der Waals surface area contributed by atoms with Gasteiger partial charge in [-0.25, -0.2) is 0 Å². The van der Waals surface area contributed by atoms with E-state index in [0.29, 0.717) is 0 Å². The summed E-state index contributed by atoms with van der Waals surface area (Å²) in [6, 6.07) is -4.36. The second-order valence-corrected chi connectivity index (χ2v) is 6.70.